The quantitative estimate of drug-likeness (QED) is 0.257. The SMILES string of the molecule is COc1ccc(N(C(=O)Nc2ccc(F)cc2)C(C)c2nc3ccccc3c(=O)n2N2CCN(C(=O)C3CCN(S(=O)(=O)N(C)C)C3)CC2)c(OC)c1.[HH]. The molecule has 2 unspecified atom stereocenters. The van der Waals surface area contributed by atoms with E-state index in [1.165, 1.54) is 66.5 Å². The summed E-state index contributed by atoms with van der Waals surface area (Å²) in [7, 11) is 2.28. The highest BCUT2D eigenvalue weighted by Crippen LogP contribution is 2.37. The van der Waals surface area contributed by atoms with Crippen molar-refractivity contribution in [2.24, 2.45) is 5.92 Å². The van der Waals surface area contributed by atoms with E-state index in [1.54, 1.807) is 54.3 Å². The summed E-state index contributed by atoms with van der Waals surface area (Å²) in [5, 5.41) is 5.02. The van der Waals surface area contributed by atoms with Gasteiger partial charge >= 0.3 is 6.03 Å². The molecule has 2 aliphatic heterocycles. The van der Waals surface area contributed by atoms with E-state index < -0.39 is 34.0 Å². The maximum absolute atomic E-state index is 14.4. The predicted octanol–water partition coefficient (Wildman–Crippen LogP) is 3.51. The molecule has 53 heavy (non-hydrogen) atoms. The Morgan fingerprint density at radius 2 is 1.68 bits per heavy atom. The lowest BCUT2D eigenvalue weighted by Crippen LogP contribution is -2.57. The Morgan fingerprint density at radius 1 is 0.981 bits per heavy atom. The van der Waals surface area contributed by atoms with Crippen molar-refractivity contribution in [1.29, 1.82) is 0 Å². The average molecular weight is 753 g/mol. The van der Waals surface area contributed by atoms with E-state index in [0.717, 1.165) is 4.31 Å². The number of aromatic nitrogens is 2. The number of amides is 3. The molecule has 1 aromatic heterocycles. The van der Waals surface area contributed by atoms with Crippen molar-refractivity contribution in [3.63, 3.8) is 0 Å². The van der Waals surface area contributed by atoms with Gasteiger partial charge < -0.3 is 24.7 Å². The zero-order chi connectivity index (χ0) is 38.0. The molecular weight excluding hydrogens is 708 g/mol. The number of ether oxygens (including phenoxy) is 2. The number of nitrogens with one attached hydrogen (secondary N) is 1. The van der Waals surface area contributed by atoms with Crippen molar-refractivity contribution in [3.8, 4) is 11.5 Å². The van der Waals surface area contributed by atoms with Gasteiger partial charge in [-0.25, -0.2) is 18.8 Å². The second-order valence-electron chi connectivity index (χ2n) is 13.0. The van der Waals surface area contributed by atoms with Gasteiger partial charge in [-0.2, -0.15) is 17.0 Å². The summed E-state index contributed by atoms with van der Waals surface area (Å²) < 4.78 is 54.1. The largest absolute Gasteiger partial charge is 0.497 e. The van der Waals surface area contributed by atoms with Crippen LogP contribution in [0.25, 0.3) is 10.9 Å². The van der Waals surface area contributed by atoms with Crippen LogP contribution in [-0.2, 0) is 15.0 Å². The Balaban J connectivity index is 0.00000561. The molecule has 2 aliphatic rings. The van der Waals surface area contributed by atoms with Gasteiger partial charge in [-0.05, 0) is 61.9 Å². The van der Waals surface area contributed by atoms with E-state index in [9.17, 15) is 27.2 Å². The number of urea groups is 1. The normalized spacial score (nSPS) is 17.2. The number of rotatable bonds is 10. The van der Waals surface area contributed by atoms with Crippen molar-refractivity contribution in [2.45, 2.75) is 19.4 Å². The molecule has 0 radical (unpaired) electrons. The molecule has 0 spiro atoms. The Hall–Kier alpha value is -5.26. The molecule has 3 amide bonds. The first-order valence-electron chi connectivity index (χ1n) is 17.1. The average Bonchev–Trinajstić information content (AvgIpc) is 3.67. The summed E-state index contributed by atoms with van der Waals surface area (Å²) >= 11 is 0. The van der Waals surface area contributed by atoms with Gasteiger partial charge in [0.05, 0.1) is 55.9 Å². The van der Waals surface area contributed by atoms with Crippen LogP contribution in [0.4, 0.5) is 20.6 Å². The van der Waals surface area contributed by atoms with Crippen LogP contribution in [0.2, 0.25) is 0 Å². The Labute approximate surface area is 308 Å². The van der Waals surface area contributed by atoms with Crippen LogP contribution in [0, 0.1) is 11.7 Å². The fourth-order valence-electron chi connectivity index (χ4n) is 6.74. The standard InChI is InChI=1S/C36H43FN8O7S.H2/c1-24(44(31-15-14-28(51-4)22-32(31)52-5)36(48)38-27-12-10-26(37)11-13-27)33-39-30-9-7-6-8-29(30)35(47)45(33)42-20-18-41(19-21-42)34(46)25-16-17-43(23-25)53(49,50)40(2)3;/h6-15,22,24-25H,16-21,23H2,1-5H3,(H,38,48);1H. The summed E-state index contributed by atoms with van der Waals surface area (Å²) in [6.45, 7) is 3.22. The molecule has 2 atom stereocenters. The first-order valence-corrected chi connectivity index (χ1v) is 18.5. The van der Waals surface area contributed by atoms with E-state index in [2.05, 4.69) is 5.32 Å². The molecule has 17 heteroatoms. The monoisotopic (exact) mass is 752 g/mol. The number of methoxy groups -OCH3 is 2. The fourth-order valence-corrected chi connectivity index (χ4v) is 7.91. The summed E-state index contributed by atoms with van der Waals surface area (Å²) in [6.07, 6.45) is 0.423. The lowest BCUT2D eigenvalue weighted by Gasteiger charge is -2.40. The smallest absolute Gasteiger partial charge is 0.327 e. The van der Waals surface area contributed by atoms with E-state index in [-0.39, 0.29) is 58.0 Å². The van der Waals surface area contributed by atoms with Gasteiger partial charge in [-0.3, -0.25) is 14.5 Å². The number of piperazine rings is 1. The van der Waals surface area contributed by atoms with Gasteiger partial charge in [0.25, 0.3) is 15.8 Å². The van der Waals surface area contributed by atoms with Crippen LogP contribution < -0.4 is 30.3 Å². The maximum atomic E-state index is 14.4. The number of nitrogens with zero attached hydrogens (tertiary/aromatic N) is 7. The molecule has 6 rings (SSSR count). The Kier molecular flexibility index (Phi) is 10.9. The van der Waals surface area contributed by atoms with Crippen molar-refractivity contribution in [1.82, 2.24) is 23.2 Å². The van der Waals surface area contributed by atoms with Crippen LogP contribution in [0.1, 0.15) is 26.6 Å². The number of hydrogen-bond acceptors (Lipinski definition) is 9. The lowest BCUT2D eigenvalue weighted by atomic mass is 10.1. The second-order valence-corrected chi connectivity index (χ2v) is 15.2. The van der Waals surface area contributed by atoms with Crippen LogP contribution >= 0.6 is 0 Å². The van der Waals surface area contributed by atoms with Crippen molar-refractivity contribution in [2.75, 3.05) is 82.8 Å². The van der Waals surface area contributed by atoms with Gasteiger partial charge in [0, 0.05) is 53.5 Å². The van der Waals surface area contributed by atoms with Crippen molar-refractivity contribution >= 4 is 44.4 Å². The molecule has 3 aromatic carbocycles. The highest BCUT2D eigenvalue weighted by atomic mass is 32.2. The predicted molar refractivity (Wildman–Crippen MR) is 201 cm³/mol. The molecule has 15 nitrogen and oxygen atoms in total. The number of carbonyl (C=O) groups excluding carboxylic acids is 2. The molecule has 0 saturated carbocycles. The molecule has 4 aromatic rings. The third-order valence-electron chi connectivity index (χ3n) is 9.64. The van der Waals surface area contributed by atoms with E-state index >= 15 is 0 Å². The summed E-state index contributed by atoms with van der Waals surface area (Å²) in [6, 6.07) is 15.8. The Bertz CT molecular complexity index is 2160. The molecule has 284 valence electrons. The fraction of sp³-hybridized carbons (Fsp3) is 0.389. The van der Waals surface area contributed by atoms with Gasteiger partial charge in [0.1, 0.15) is 17.3 Å². The third-order valence-corrected chi connectivity index (χ3v) is 11.5. The zero-order valence-electron chi connectivity index (χ0n) is 30.2. The topological polar surface area (TPSA) is 150 Å². The molecule has 3 heterocycles. The minimum atomic E-state index is -3.63. The highest BCUT2D eigenvalue weighted by Gasteiger charge is 2.39. The minimum Gasteiger partial charge on any atom is -0.497 e. The van der Waals surface area contributed by atoms with Crippen LogP contribution in [0.15, 0.2) is 71.5 Å². The summed E-state index contributed by atoms with van der Waals surface area (Å²) in [5.74, 6) is 0.00389. The van der Waals surface area contributed by atoms with Crippen molar-refractivity contribution in [3.05, 3.63) is 88.7 Å². The molecular formula is C36H45FN8O7S. The lowest BCUT2D eigenvalue weighted by molar-refractivity contribution is -0.135. The maximum Gasteiger partial charge on any atom is 0.327 e. The molecule has 2 fully saturated rings. The molecule has 0 aliphatic carbocycles. The van der Waals surface area contributed by atoms with E-state index in [1.807, 2.05) is 5.01 Å². The van der Waals surface area contributed by atoms with Gasteiger partial charge in [-0.15, -0.1) is 0 Å². The van der Waals surface area contributed by atoms with Gasteiger partial charge in [0.2, 0.25) is 5.91 Å². The van der Waals surface area contributed by atoms with E-state index in [4.69, 9.17) is 14.5 Å². The highest BCUT2D eigenvalue weighted by molar-refractivity contribution is 7.86. The second kappa shape index (κ2) is 15.4. The van der Waals surface area contributed by atoms with Crippen LogP contribution in [-0.4, -0.2) is 111 Å². The third kappa shape index (κ3) is 7.49. The number of anilines is 2. The molecule has 1 N–H and O–H groups in total. The number of halogens is 1. The Morgan fingerprint density at radius 3 is 2.34 bits per heavy atom. The summed E-state index contributed by atoms with van der Waals surface area (Å²) in [4.78, 5) is 50.3. The minimum absolute atomic E-state index is 0. The first kappa shape index (κ1) is 37.5. The van der Waals surface area contributed by atoms with Crippen LogP contribution in [0.3, 0.4) is 0 Å². The number of fused-ring (bicyclic) bond motifs is 1. The van der Waals surface area contributed by atoms with Crippen LogP contribution in [0.5, 0.6) is 11.5 Å². The zero-order valence-corrected chi connectivity index (χ0v) is 31.0. The molecule has 2 saturated heterocycles. The first-order chi connectivity index (χ1) is 25.3. The van der Waals surface area contributed by atoms with Gasteiger partial charge in [0.15, 0.2) is 5.82 Å². The molecule has 0 bridgehead atoms. The summed E-state index contributed by atoms with van der Waals surface area (Å²) in [5.41, 5.74) is 0.781. The number of hydrogen-bond donors (Lipinski definition) is 1. The number of para-hydroxylation sites is 1. The number of carbonyl (C=O) groups is 2. The van der Waals surface area contributed by atoms with Gasteiger partial charge in [-0.1, -0.05) is 12.1 Å². The van der Waals surface area contributed by atoms with Crippen molar-refractivity contribution < 1.29 is 33.3 Å². The van der Waals surface area contributed by atoms with E-state index in [0.29, 0.717) is 40.2 Å². The number of benzene rings is 3.